The van der Waals surface area contributed by atoms with Crippen LogP contribution in [0.4, 0.5) is 4.39 Å². The van der Waals surface area contributed by atoms with Crippen molar-refractivity contribution in [3.05, 3.63) is 94.4 Å². The van der Waals surface area contributed by atoms with E-state index < -0.39 is 6.04 Å². The number of carbonyl (C=O) groups excluding carboxylic acids is 1. The van der Waals surface area contributed by atoms with Crippen molar-refractivity contribution in [2.24, 2.45) is 0 Å². The highest BCUT2D eigenvalue weighted by molar-refractivity contribution is 5.79. The lowest BCUT2D eigenvalue weighted by Crippen LogP contribution is -2.43. The van der Waals surface area contributed by atoms with Gasteiger partial charge >= 0.3 is 0 Å². The van der Waals surface area contributed by atoms with Crippen LogP contribution in [0, 0.1) is 12.7 Å². The van der Waals surface area contributed by atoms with Crippen LogP contribution >= 0.6 is 0 Å². The van der Waals surface area contributed by atoms with Crippen LogP contribution in [-0.4, -0.2) is 38.3 Å². The minimum atomic E-state index is -0.586. The number of imidazole rings is 1. The van der Waals surface area contributed by atoms with E-state index >= 15 is 4.39 Å². The highest BCUT2D eigenvalue weighted by Gasteiger charge is 2.37. The Balaban J connectivity index is 1.37. The van der Waals surface area contributed by atoms with Gasteiger partial charge in [0.05, 0.1) is 17.1 Å². The fraction of sp³-hybridized carbons (Fsp3) is 0.345. The van der Waals surface area contributed by atoms with Crippen LogP contribution in [0.25, 0.3) is 5.65 Å². The van der Waals surface area contributed by atoms with E-state index in [2.05, 4.69) is 4.98 Å². The molecule has 4 heterocycles. The zero-order valence-corrected chi connectivity index (χ0v) is 20.6. The molecule has 0 spiro atoms. The predicted octanol–water partition coefficient (Wildman–Crippen LogP) is 5.17. The van der Waals surface area contributed by atoms with E-state index in [4.69, 9.17) is 9.72 Å². The Morgan fingerprint density at radius 2 is 2.00 bits per heavy atom. The first kappa shape index (κ1) is 22.7. The Bertz CT molecular complexity index is 1460. The average molecular weight is 485 g/mol. The van der Waals surface area contributed by atoms with E-state index in [1.54, 1.807) is 11.0 Å². The summed E-state index contributed by atoms with van der Waals surface area (Å²) in [6, 6.07) is 14.5. The lowest BCUT2D eigenvalue weighted by molar-refractivity contribution is -0.135. The molecule has 2 aliphatic rings. The van der Waals surface area contributed by atoms with Crippen molar-refractivity contribution in [2.75, 3.05) is 13.2 Å². The summed E-state index contributed by atoms with van der Waals surface area (Å²) in [5.74, 6) is 0.594. The van der Waals surface area contributed by atoms with Gasteiger partial charge in [-0.2, -0.15) is 0 Å². The molecule has 0 radical (unpaired) electrons. The zero-order chi connectivity index (χ0) is 24.8. The number of aryl methyl sites for hydroxylation is 2. The van der Waals surface area contributed by atoms with E-state index in [1.807, 2.05) is 66.9 Å². The molecule has 1 fully saturated rings. The molecule has 1 amide bonds. The Morgan fingerprint density at radius 3 is 2.78 bits per heavy atom. The quantitative estimate of drug-likeness (QED) is 0.379. The van der Waals surface area contributed by atoms with Crippen LogP contribution in [0.2, 0.25) is 0 Å². The lowest BCUT2D eigenvalue weighted by atomic mass is 9.93. The summed E-state index contributed by atoms with van der Waals surface area (Å²) in [6.07, 6.45) is 5.46. The van der Waals surface area contributed by atoms with Gasteiger partial charge < -0.3 is 14.0 Å². The largest absolute Gasteiger partial charge is 0.482 e. The minimum Gasteiger partial charge on any atom is -0.482 e. The molecule has 1 aromatic carbocycles. The van der Waals surface area contributed by atoms with Crippen LogP contribution in [0.5, 0.6) is 5.75 Å². The molecule has 1 unspecified atom stereocenters. The Hall–Kier alpha value is -3.74. The molecule has 0 saturated heterocycles. The molecule has 7 heteroatoms. The Labute approximate surface area is 209 Å². The van der Waals surface area contributed by atoms with Crippen LogP contribution in [0.3, 0.4) is 0 Å². The SMILES string of the molecule is CCc1nc(C)ccc1OCC(=O)N1CCc2nc3ccccn3c2C1c1ccc(C2CC2)cc1F. The monoisotopic (exact) mass is 484 g/mol. The van der Waals surface area contributed by atoms with Gasteiger partial charge in [0, 0.05) is 30.4 Å². The van der Waals surface area contributed by atoms with Crippen molar-refractivity contribution in [2.45, 2.75) is 51.5 Å². The number of amides is 1. The fourth-order valence-corrected chi connectivity index (χ4v) is 5.26. The number of halogens is 1. The standard InChI is InChI=1S/C29H29FN4O2/c1-3-23-25(12-7-18(2)31-23)36-17-27(35)34-15-13-24-29(33-14-5-4-6-26(33)32-24)28(34)21-11-10-20(16-22(21)30)19-8-9-19/h4-7,10-12,14,16,19,28H,3,8-9,13,15,17H2,1-2H3. The third-order valence-electron chi connectivity index (χ3n) is 7.25. The smallest absolute Gasteiger partial charge is 0.261 e. The number of hydrogen-bond donors (Lipinski definition) is 0. The van der Waals surface area contributed by atoms with E-state index in [1.165, 1.54) is 0 Å². The van der Waals surface area contributed by atoms with Gasteiger partial charge in [-0.3, -0.25) is 9.78 Å². The van der Waals surface area contributed by atoms with Crippen molar-refractivity contribution >= 4 is 11.6 Å². The summed E-state index contributed by atoms with van der Waals surface area (Å²) in [5.41, 5.74) is 5.80. The van der Waals surface area contributed by atoms with Crippen molar-refractivity contribution in [1.82, 2.24) is 19.3 Å². The topological polar surface area (TPSA) is 59.7 Å². The minimum absolute atomic E-state index is 0.137. The molecule has 1 aliphatic heterocycles. The van der Waals surface area contributed by atoms with Gasteiger partial charge in [-0.25, -0.2) is 9.37 Å². The maximum Gasteiger partial charge on any atom is 0.261 e. The number of nitrogens with zero attached hydrogens (tertiary/aromatic N) is 4. The molecule has 0 bridgehead atoms. The van der Waals surface area contributed by atoms with Crippen molar-refractivity contribution in [3.8, 4) is 5.75 Å². The second-order valence-corrected chi connectivity index (χ2v) is 9.71. The highest BCUT2D eigenvalue weighted by Crippen LogP contribution is 2.42. The zero-order valence-electron chi connectivity index (χ0n) is 20.6. The molecule has 1 aliphatic carbocycles. The summed E-state index contributed by atoms with van der Waals surface area (Å²) in [4.78, 5) is 24.7. The summed E-state index contributed by atoms with van der Waals surface area (Å²) in [7, 11) is 0. The first-order valence-corrected chi connectivity index (χ1v) is 12.7. The van der Waals surface area contributed by atoms with Crippen molar-refractivity contribution < 1.29 is 13.9 Å². The second kappa shape index (κ2) is 9.04. The third kappa shape index (κ3) is 4.02. The maximum atomic E-state index is 15.6. The molecule has 1 atom stereocenters. The Morgan fingerprint density at radius 1 is 1.14 bits per heavy atom. The lowest BCUT2D eigenvalue weighted by Gasteiger charge is -2.36. The fourth-order valence-electron chi connectivity index (χ4n) is 5.26. The maximum absolute atomic E-state index is 15.6. The van der Waals surface area contributed by atoms with Gasteiger partial charge in [0.15, 0.2) is 6.61 Å². The number of aromatic nitrogens is 3. The molecule has 6 rings (SSSR count). The molecule has 184 valence electrons. The molecule has 3 aromatic heterocycles. The summed E-state index contributed by atoms with van der Waals surface area (Å²) < 4.78 is 23.6. The summed E-state index contributed by atoms with van der Waals surface area (Å²) in [5, 5.41) is 0. The molecule has 0 N–H and O–H groups in total. The summed E-state index contributed by atoms with van der Waals surface area (Å²) in [6.45, 7) is 4.25. The average Bonchev–Trinajstić information content (AvgIpc) is 3.67. The van der Waals surface area contributed by atoms with Gasteiger partial charge in [-0.05, 0) is 68.0 Å². The molecule has 36 heavy (non-hydrogen) atoms. The van der Waals surface area contributed by atoms with Gasteiger partial charge in [0.2, 0.25) is 0 Å². The van der Waals surface area contributed by atoms with Gasteiger partial charge in [-0.15, -0.1) is 0 Å². The highest BCUT2D eigenvalue weighted by atomic mass is 19.1. The summed E-state index contributed by atoms with van der Waals surface area (Å²) >= 11 is 0. The number of pyridine rings is 2. The van der Waals surface area contributed by atoms with Crippen LogP contribution in [0.1, 0.15) is 65.6 Å². The molecular weight excluding hydrogens is 455 g/mol. The normalized spacial score (nSPS) is 17.3. The van der Waals surface area contributed by atoms with Gasteiger partial charge in [-0.1, -0.05) is 25.1 Å². The first-order valence-electron chi connectivity index (χ1n) is 12.7. The first-order chi connectivity index (χ1) is 17.5. The van der Waals surface area contributed by atoms with Crippen LogP contribution in [0.15, 0.2) is 54.7 Å². The number of benzene rings is 1. The number of rotatable bonds is 6. The molecular formula is C29H29FN4O2. The predicted molar refractivity (Wildman–Crippen MR) is 135 cm³/mol. The van der Waals surface area contributed by atoms with E-state index in [0.717, 1.165) is 46.8 Å². The number of hydrogen-bond acceptors (Lipinski definition) is 4. The van der Waals surface area contributed by atoms with Gasteiger partial charge in [0.1, 0.15) is 23.3 Å². The van der Waals surface area contributed by atoms with Crippen molar-refractivity contribution in [3.63, 3.8) is 0 Å². The van der Waals surface area contributed by atoms with E-state index in [-0.39, 0.29) is 18.3 Å². The molecule has 6 nitrogen and oxygen atoms in total. The number of ether oxygens (including phenoxy) is 1. The number of fused-ring (bicyclic) bond motifs is 3. The third-order valence-corrected chi connectivity index (χ3v) is 7.25. The van der Waals surface area contributed by atoms with Crippen LogP contribution in [-0.2, 0) is 17.6 Å². The molecule has 4 aromatic rings. The van der Waals surface area contributed by atoms with E-state index in [9.17, 15) is 4.79 Å². The van der Waals surface area contributed by atoms with E-state index in [0.29, 0.717) is 36.6 Å². The Kier molecular flexibility index (Phi) is 5.70. The second-order valence-electron chi connectivity index (χ2n) is 9.71. The van der Waals surface area contributed by atoms with Crippen molar-refractivity contribution in [1.29, 1.82) is 0 Å². The van der Waals surface area contributed by atoms with Gasteiger partial charge in [0.25, 0.3) is 5.91 Å². The number of carbonyl (C=O) groups is 1. The molecule has 1 saturated carbocycles. The van der Waals surface area contributed by atoms with Crippen LogP contribution < -0.4 is 4.74 Å².